The first-order valence-electron chi connectivity index (χ1n) is 4.32. The number of carboxylic acids is 1. The van der Waals surface area contributed by atoms with Crippen LogP contribution in [-0.4, -0.2) is 17.0 Å². The largest absolute Gasteiger partial charge is 0.480 e. The van der Waals surface area contributed by atoms with Crippen LogP contribution in [0.3, 0.4) is 0 Å². The first-order chi connectivity index (χ1) is 7.11. The summed E-state index contributed by atoms with van der Waals surface area (Å²) in [5.74, 6) is -1.69. The van der Waals surface area contributed by atoms with Crippen molar-refractivity contribution in [3.8, 4) is 0 Å². The summed E-state index contributed by atoms with van der Waals surface area (Å²) < 4.78 is 0. The minimum absolute atomic E-state index is 0.520. The van der Waals surface area contributed by atoms with Gasteiger partial charge < -0.3 is 9.94 Å². The van der Waals surface area contributed by atoms with Crippen molar-refractivity contribution in [2.45, 2.75) is 13.0 Å². The fourth-order valence-electron chi connectivity index (χ4n) is 1.05. The third kappa shape index (κ3) is 3.40. The number of carbonyl (C=O) groups is 2. The van der Waals surface area contributed by atoms with Crippen LogP contribution in [-0.2, 0) is 14.4 Å². The van der Waals surface area contributed by atoms with Gasteiger partial charge >= 0.3 is 11.9 Å². The Morgan fingerprint density at radius 3 is 2.40 bits per heavy atom. The molecule has 0 fully saturated rings. The van der Waals surface area contributed by atoms with Gasteiger partial charge in [-0.15, -0.1) is 5.48 Å². The molecule has 5 nitrogen and oxygen atoms in total. The van der Waals surface area contributed by atoms with E-state index in [4.69, 9.17) is 5.11 Å². The monoisotopic (exact) mass is 209 g/mol. The second kappa shape index (κ2) is 5.11. The van der Waals surface area contributed by atoms with E-state index in [0.717, 1.165) is 0 Å². The molecule has 80 valence electrons. The van der Waals surface area contributed by atoms with Gasteiger partial charge in [-0.3, -0.25) is 9.59 Å². The maximum absolute atomic E-state index is 10.9. The van der Waals surface area contributed by atoms with E-state index in [2.05, 4.69) is 10.3 Å². The third-order valence-electron chi connectivity index (χ3n) is 1.70. The SMILES string of the molecule is CC(=O)ONC(C(=O)O)c1ccccc1. The maximum Gasteiger partial charge on any atom is 0.328 e. The van der Waals surface area contributed by atoms with Crippen LogP contribution >= 0.6 is 0 Å². The van der Waals surface area contributed by atoms with Crippen LogP contribution in [0.2, 0.25) is 0 Å². The number of aliphatic carboxylic acids is 1. The molecular formula is C10H11NO4. The molecule has 5 heteroatoms. The van der Waals surface area contributed by atoms with Gasteiger partial charge in [0.25, 0.3) is 0 Å². The Kier molecular flexibility index (Phi) is 3.82. The summed E-state index contributed by atoms with van der Waals surface area (Å²) in [5, 5.41) is 8.89. The molecule has 0 radical (unpaired) electrons. The number of hydrogen-bond donors (Lipinski definition) is 2. The van der Waals surface area contributed by atoms with Crippen molar-refractivity contribution in [2.75, 3.05) is 0 Å². The van der Waals surface area contributed by atoms with Gasteiger partial charge in [0.15, 0.2) is 6.04 Å². The normalized spacial score (nSPS) is 11.8. The Hall–Kier alpha value is -1.88. The number of hydrogen-bond acceptors (Lipinski definition) is 4. The molecule has 0 amide bonds. The smallest absolute Gasteiger partial charge is 0.328 e. The molecule has 0 bridgehead atoms. The Morgan fingerprint density at radius 1 is 1.33 bits per heavy atom. The summed E-state index contributed by atoms with van der Waals surface area (Å²) in [7, 11) is 0. The molecule has 0 aliphatic rings. The molecule has 0 saturated carbocycles. The van der Waals surface area contributed by atoms with E-state index in [0.29, 0.717) is 5.56 Å². The van der Waals surface area contributed by atoms with Gasteiger partial charge in [-0.25, -0.2) is 0 Å². The van der Waals surface area contributed by atoms with E-state index in [1.165, 1.54) is 6.92 Å². The molecule has 1 aromatic rings. The van der Waals surface area contributed by atoms with Crippen molar-refractivity contribution in [2.24, 2.45) is 0 Å². The van der Waals surface area contributed by atoms with Crippen LogP contribution in [0.15, 0.2) is 30.3 Å². The van der Waals surface area contributed by atoms with Gasteiger partial charge in [-0.2, -0.15) is 0 Å². The lowest BCUT2D eigenvalue weighted by Crippen LogP contribution is -2.30. The number of hydroxylamine groups is 1. The predicted octanol–water partition coefficient (Wildman–Crippen LogP) is 0.880. The number of carboxylic acid groups (broad SMARTS) is 1. The van der Waals surface area contributed by atoms with Gasteiger partial charge in [0.1, 0.15) is 0 Å². The van der Waals surface area contributed by atoms with E-state index < -0.39 is 18.0 Å². The lowest BCUT2D eigenvalue weighted by molar-refractivity contribution is -0.156. The number of rotatable bonds is 4. The minimum Gasteiger partial charge on any atom is -0.480 e. The molecule has 1 aromatic carbocycles. The topological polar surface area (TPSA) is 75.6 Å². The zero-order valence-corrected chi connectivity index (χ0v) is 8.14. The van der Waals surface area contributed by atoms with E-state index in [1.54, 1.807) is 30.3 Å². The van der Waals surface area contributed by atoms with Gasteiger partial charge in [0.05, 0.1) is 0 Å². The summed E-state index contributed by atoms with van der Waals surface area (Å²) in [6.07, 6.45) is 0. The third-order valence-corrected chi connectivity index (χ3v) is 1.70. The standard InChI is InChI=1S/C10H11NO4/c1-7(12)15-11-9(10(13)14)8-5-3-2-4-6-8/h2-6,9,11H,1H3,(H,13,14). The van der Waals surface area contributed by atoms with Gasteiger partial charge in [-0.05, 0) is 5.56 Å². The highest BCUT2D eigenvalue weighted by Crippen LogP contribution is 2.12. The second-order valence-corrected chi connectivity index (χ2v) is 2.89. The molecule has 1 unspecified atom stereocenters. The fraction of sp³-hybridized carbons (Fsp3) is 0.200. The molecule has 2 N–H and O–H groups in total. The van der Waals surface area contributed by atoms with Crippen molar-refractivity contribution in [3.63, 3.8) is 0 Å². The van der Waals surface area contributed by atoms with E-state index in [9.17, 15) is 9.59 Å². The Labute approximate surface area is 86.6 Å². The first kappa shape index (κ1) is 11.2. The minimum atomic E-state index is -1.11. The molecule has 0 aliphatic heterocycles. The van der Waals surface area contributed by atoms with Crippen molar-refractivity contribution in [1.82, 2.24) is 5.48 Å². The van der Waals surface area contributed by atoms with Crippen LogP contribution < -0.4 is 5.48 Å². The number of benzene rings is 1. The summed E-state index contributed by atoms with van der Waals surface area (Å²) in [5.41, 5.74) is 2.71. The van der Waals surface area contributed by atoms with Crippen LogP contribution in [0.25, 0.3) is 0 Å². The summed E-state index contributed by atoms with van der Waals surface area (Å²) in [6, 6.07) is 7.41. The van der Waals surface area contributed by atoms with E-state index >= 15 is 0 Å². The highest BCUT2D eigenvalue weighted by atomic mass is 16.7. The number of carbonyl (C=O) groups excluding carboxylic acids is 1. The highest BCUT2D eigenvalue weighted by molar-refractivity contribution is 5.75. The zero-order chi connectivity index (χ0) is 11.3. The lowest BCUT2D eigenvalue weighted by Gasteiger charge is -2.13. The maximum atomic E-state index is 10.9. The average Bonchev–Trinajstić information content (AvgIpc) is 2.18. The highest BCUT2D eigenvalue weighted by Gasteiger charge is 2.20. The molecule has 0 saturated heterocycles. The molecular weight excluding hydrogens is 198 g/mol. The van der Waals surface area contributed by atoms with Crippen LogP contribution in [0.1, 0.15) is 18.5 Å². The molecule has 15 heavy (non-hydrogen) atoms. The fourth-order valence-corrected chi connectivity index (χ4v) is 1.05. The van der Waals surface area contributed by atoms with Crippen LogP contribution in [0, 0.1) is 0 Å². The molecule has 0 aliphatic carbocycles. The van der Waals surface area contributed by atoms with Crippen LogP contribution in [0.5, 0.6) is 0 Å². The van der Waals surface area contributed by atoms with Crippen molar-refractivity contribution >= 4 is 11.9 Å². The molecule has 1 rings (SSSR count). The lowest BCUT2D eigenvalue weighted by atomic mass is 10.1. The van der Waals surface area contributed by atoms with Gasteiger partial charge in [0.2, 0.25) is 0 Å². The van der Waals surface area contributed by atoms with Gasteiger partial charge in [0, 0.05) is 6.92 Å². The predicted molar refractivity (Wildman–Crippen MR) is 51.7 cm³/mol. The Morgan fingerprint density at radius 2 is 1.93 bits per heavy atom. The van der Waals surface area contributed by atoms with Crippen molar-refractivity contribution < 1.29 is 19.5 Å². The summed E-state index contributed by atoms with van der Waals surface area (Å²) in [6.45, 7) is 1.19. The van der Waals surface area contributed by atoms with Crippen molar-refractivity contribution in [3.05, 3.63) is 35.9 Å². The summed E-state index contributed by atoms with van der Waals surface area (Å²) >= 11 is 0. The average molecular weight is 209 g/mol. The molecule has 0 heterocycles. The first-order valence-corrected chi connectivity index (χ1v) is 4.32. The van der Waals surface area contributed by atoms with Gasteiger partial charge in [-0.1, -0.05) is 30.3 Å². The Bertz CT molecular complexity index is 350. The van der Waals surface area contributed by atoms with E-state index in [1.807, 2.05) is 0 Å². The van der Waals surface area contributed by atoms with Crippen molar-refractivity contribution in [1.29, 1.82) is 0 Å². The Balaban J connectivity index is 2.75. The molecule has 0 spiro atoms. The number of nitrogens with one attached hydrogen (secondary N) is 1. The second-order valence-electron chi connectivity index (χ2n) is 2.89. The molecule has 1 atom stereocenters. The summed E-state index contributed by atoms with van der Waals surface area (Å²) in [4.78, 5) is 25.8. The van der Waals surface area contributed by atoms with Crippen LogP contribution in [0.4, 0.5) is 0 Å². The zero-order valence-electron chi connectivity index (χ0n) is 8.14. The van der Waals surface area contributed by atoms with E-state index in [-0.39, 0.29) is 0 Å². The quantitative estimate of drug-likeness (QED) is 0.720. The molecule has 0 aromatic heterocycles.